The number of nitrogens with zero attached hydrogens (tertiary/aromatic N) is 2. The fourth-order valence-electron chi connectivity index (χ4n) is 2.33. The molecule has 0 amide bonds. The van der Waals surface area contributed by atoms with Gasteiger partial charge in [-0.15, -0.1) is 0 Å². The second kappa shape index (κ2) is 6.91. The van der Waals surface area contributed by atoms with E-state index in [0.29, 0.717) is 17.9 Å². The topological polar surface area (TPSA) is 98.1 Å². The lowest BCUT2D eigenvalue weighted by molar-refractivity contribution is -0.114. The van der Waals surface area contributed by atoms with E-state index in [9.17, 15) is 9.59 Å². The van der Waals surface area contributed by atoms with Crippen LogP contribution in [0, 0.1) is 0 Å². The van der Waals surface area contributed by atoms with Crippen LogP contribution in [0.2, 0.25) is 0 Å². The first kappa shape index (κ1) is 15.7. The minimum absolute atomic E-state index is 0.0687. The average molecular weight is 325 g/mol. The number of para-hydroxylation sites is 1. The summed E-state index contributed by atoms with van der Waals surface area (Å²) in [5.41, 5.74) is 0.977. The maximum absolute atomic E-state index is 12.0. The third kappa shape index (κ3) is 3.40. The second-order valence-corrected chi connectivity index (χ2v) is 5.12. The molecule has 0 fully saturated rings. The van der Waals surface area contributed by atoms with Crippen molar-refractivity contribution in [1.82, 2.24) is 15.2 Å². The molecule has 7 nitrogen and oxygen atoms in total. The molecule has 2 heterocycles. The van der Waals surface area contributed by atoms with E-state index in [1.165, 1.54) is 6.33 Å². The average Bonchev–Trinajstić information content (AvgIpc) is 3.27. The van der Waals surface area contributed by atoms with Gasteiger partial charge in [-0.1, -0.05) is 18.2 Å². The predicted octanol–water partition coefficient (Wildman–Crippen LogP) is 1.99. The summed E-state index contributed by atoms with van der Waals surface area (Å²) in [6, 6.07) is 11.1. The monoisotopic (exact) mass is 325 g/mol. The molecule has 0 atom stereocenters. The number of carbonyl (C=O) groups excluding carboxylic acids is 2. The van der Waals surface area contributed by atoms with Gasteiger partial charge in [0, 0.05) is 12.0 Å². The van der Waals surface area contributed by atoms with E-state index in [4.69, 9.17) is 9.15 Å². The Morgan fingerprint density at radius 3 is 2.71 bits per heavy atom. The number of furan rings is 1. The highest BCUT2D eigenvalue weighted by Gasteiger charge is 2.20. The summed E-state index contributed by atoms with van der Waals surface area (Å²) in [5.74, 6) is 0.500. The maximum atomic E-state index is 12.0. The molecule has 0 bridgehead atoms. The lowest BCUT2D eigenvalue weighted by Gasteiger charge is -2.06. The molecule has 0 saturated heterocycles. The molecule has 0 aliphatic rings. The van der Waals surface area contributed by atoms with Crippen molar-refractivity contribution in [3.63, 3.8) is 0 Å². The highest BCUT2D eigenvalue weighted by atomic mass is 16.5. The molecule has 3 aromatic rings. The molecular formula is C17H15N3O4. The van der Waals surface area contributed by atoms with Crippen LogP contribution in [-0.2, 0) is 17.6 Å². The molecule has 0 spiro atoms. The Hall–Kier alpha value is -3.22. The van der Waals surface area contributed by atoms with Crippen LogP contribution >= 0.6 is 0 Å². The summed E-state index contributed by atoms with van der Waals surface area (Å²) in [6.07, 6.45) is 1.60. The van der Waals surface area contributed by atoms with Gasteiger partial charge in [0.2, 0.25) is 5.78 Å². The van der Waals surface area contributed by atoms with Crippen molar-refractivity contribution in [1.29, 1.82) is 0 Å². The van der Waals surface area contributed by atoms with E-state index in [0.717, 1.165) is 11.3 Å². The first-order valence-electron chi connectivity index (χ1n) is 7.29. The maximum Gasteiger partial charge on any atom is 0.265 e. The molecule has 122 valence electrons. The number of benzene rings is 1. The quantitative estimate of drug-likeness (QED) is 0.527. The highest BCUT2D eigenvalue weighted by Crippen LogP contribution is 2.22. The van der Waals surface area contributed by atoms with Crippen LogP contribution in [0.1, 0.15) is 27.7 Å². The van der Waals surface area contributed by atoms with Crippen molar-refractivity contribution in [2.45, 2.75) is 12.8 Å². The fourth-order valence-corrected chi connectivity index (χ4v) is 2.33. The van der Waals surface area contributed by atoms with Crippen LogP contribution in [0.4, 0.5) is 0 Å². The van der Waals surface area contributed by atoms with Gasteiger partial charge in [-0.2, -0.15) is 5.10 Å². The van der Waals surface area contributed by atoms with Crippen LogP contribution in [0.15, 0.2) is 47.1 Å². The van der Waals surface area contributed by atoms with Gasteiger partial charge >= 0.3 is 0 Å². The number of hydrogen-bond donors (Lipinski definition) is 1. The number of methoxy groups -OCH3 is 1. The van der Waals surface area contributed by atoms with Gasteiger partial charge in [0.05, 0.1) is 13.5 Å². The van der Waals surface area contributed by atoms with Crippen LogP contribution in [0.25, 0.3) is 0 Å². The van der Waals surface area contributed by atoms with Crippen molar-refractivity contribution >= 4 is 11.6 Å². The number of rotatable bonds is 7. The summed E-state index contributed by atoms with van der Waals surface area (Å²) in [5, 5.41) is 5.93. The number of aromatic nitrogens is 3. The minimum atomic E-state index is -0.713. The van der Waals surface area contributed by atoms with Gasteiger partial charge in [0.1, 0.15) is 23.6 Å². The molecule has 0 aliphatic heterocycles. The Morgan fingerprint density at radius 1 is 1.17 bits per heavy atom. The van der Waals surface area contributed by atoms with Gasteiger partial charge in [0.15, 0.2) is 5.82 Å². The number of nitrogens with one attached hydrogen (secondary N) is 1. The molecule has 0 radical (unpaired) electrons. The predicted molar refractivity (Wildman–Crippen MR) is 83.9 cm³/mol. The van der Waals surface area contributed by atoms with E-state index < -0.39 is 11.6 Å². The Morgan fingerprint density at radius 2 is 1.96 bits per heavy atom. The molecule has 1 aromatic carbocycles. The van der Waals surface area contributed by atoms with Gasteiger partial charge in [-0.3, -0.25) is 14.7 Å². The number of hydrogen-bond acceptors (Lipinski definition) is 6. The lowest BCUT2D eigenvalue weighted by atomic mass is 10.1. The van der Waals surface area contributed by atoms with Crippen LogP contribution in [-0.4, -0.2) is 33.9 Å². The van der Waals surface area contributed by atoms with Crippen molar-refractivity contribution in [2.75, 3.05) is 7.11 Å². The van der Waals surface area contributed by atoms with E-state index >= 15 is 0 Å². The summed E-state index contributed by atoms with van der Waals surface area (Å²) in [4.78, 5) is 27.5. The zero-order valence-electron chi connectivity index (χ0n) is 13.0. The number of ketones is 2. The largest absolute Gasteiger partial charge is 0.496 e. The van der Waals surface area contributed by atoms with Crippen molar-refractivity contribution in [2.24, 2.45) is 0 Å². The molecule has 0 aliphatic carbocycles. The van der Waals surface area contributed by atoms with E-state index in [-0.39, 0.29) is 12.2 Å². The number of Topliss-reactive ketones (excluding diaryl/α,β-unsaturated/α-hetero) is 2. The molecule has 0 unspecified atom stereocenters. The van der Waals surface area contributed by atoms with Gasteiger partial charge in [0.25, 0.3) is 5.78 Å². The standard InChI is InChI=1S/C17H15N3O4/c1-23-15-5-3-2-4-11(15)8-12-6-7-13(24-12)9-14(21)16(22)17-18-10-19-20-17/h2-7,10H,8-9H2,1H3,(H,18,19,20). The summed E-state index contributed by atoms with van der Waals surface area (Å²) < 4.78 is 11.0. The third-order valence-electron chi connectivity index (χ3n) is 3.49. The summed E-state index contributed by atoms with van der Waals surface area (Å²) in [6.45, 7) is 0. The normalized spacial score (nSPS) is 10.5. The Balaban J connectivity index is 1.67. The van der Waals surface area contributed by atoms with Gasteiger partial charge < -0.3 is 9.15 Å². The third-order valence-corrected chi connectivity index (χ3v) is 3.49. The van der Waals surface area contributed by atoms with Crippen molar-refractivity contribution in [3.8, 4) is 5.75 Å². The Kier molecular flexibility index (Phi) is 4.51. The second-order valence-electron chi connectivity index (χ2n) is 5.12. The molecular weight excluding hydrogens is 310 g/mol. The smallest absolute Gasteiger partial charge is 0.265 e. The van der Waals surface area contributed by atoms with Gasteiger partial charge in [-0.25, -0.2) is 4.98 Å². The number of carbonyl (C=O) groups is 2. The Labute approximate surface area is 137 Å². The fraction of sp³-hybridized carbons (Fsp3) is 0.176. The van der Waals surface area contributed by atoms with Crippen molar-refractivity contribution in [3.05, 3.63) is 65.6 Å². The summed E-state index contributed by atoms with van der Waals surface area (Å²) in [7, 11) is 1.61. The van der Waals surface area contributed by atoms with Gasteiger partial charge in [-0.05, 0) is 18.2 Å². The number of ether oxygens (including phenoxy) is 1. The van der Waals surface area contributed by atoms with E-state index in [2.05, 4.69) is 15.2 Å². The van der Waals surface area contributed by atoms with Crippen molar-refractivity contribution < 1.29 is 18.7 Å². The van der Waals surface area contributed by atoms with E-state index in [1.54, 1.807) is 19.2 Å². The van der Waals surface area contributed by atoms with Crippen LogP contribution < -0.4 is 4.74 Å². The SMILES string of the molecule is COc1ccccc1Cc1ccc(CC(=O)C(=O)c2ncn[nH]2)o1. The Bertz CT molecular complexity index is 852. The highest BCUT2D eigenvalue weighted by molar-refractivity contribution is 6.42. The van der Waals surface area contributed by atoms with Crippen LogP contribution in [0.3, 0.4) is 0 Å². The first-order chi connectivity index (χ1) is 11.7. The molecule has 2 aromatic heterocycles. The number of aromatic amines is 1. The first-order valence-corrected chi connectivity index (χ1v) is 7.29. The minimum Gasteiger partial charge on any atom is -0.496 e. The summed E-state index contributed by atoms with van der Waals surface area (Å²) >= 11 is 0. The molecule has 7 heteroatoms. The zero-order valence-corrected chi connectivity index (χ0v) is 13.0. The molecule has 0 saturated carbocycles. The van der Waals surface area contributed by atoms with E-state index in [1.807, 2.05) is 24.3 Å². The zero-order chi connectivity index (χ0) is 16.9. The molecule has 3 rings (SSSR count). The van der Waals surface area contributed by atoms with Crippen LogP contribution in [0.5, 0.6) is 5.75 Å². The molecule has 1 N–H and O–H groups in total. The molecule has 24 heavy (non-hydrogen) atoms. The lowest BCUT2D eigenvalue weighted by Crippen LogP contribution is -2.17. The number of H-pyrrole nitrogens is 1.